The number of phosphoric acid groups is 2. The molecule has 0 aromatic rings. The molecule has 100 heavy (non-hydrogen) atoms. The van der Waals surface area contributed by atoms with Crippen LogP contribution in [0.2, 0.25) is 0 Å². The van der Waals surface area contributed by atoms with Crippen LogP contribution >= 0.6 is 15.6 Å². The lowest BCUT2D eigenvalue weighted by Gasteiger charge is -2.21. The number of ether oxygens (including phenoxy) is 4. The molecule has 0 aliphatic heterocycles. The van der Waals surface area contributed by atoms with Crippen molar-refractivity contribution in [3.8, 4) is 0 Å². The van der Waals surface area contributed by atoms with Gasteiger partial charge in [0.05, 0.1) is 26.4 Å². The van der Waals surface area contributed by atoms with Crippen LogP contribution in [0.5, 0.6) is 0 Å². The lowest BCUT2D eigenvalue weighted by atomic mass is 10.0. The summed E-state index contributed by atoms with van der Waals surface area (Å²) in [4.78, 5) is 72.9. The number of hydrogen-bond donors (Lipinski definition) is 3. The van der Waals surface area contributed by atoms with Crippen molar-refractivity contribution < 1.29 is 80.2 Å². The Morgan fingerprint density at radius 1 is 0.240 bits per heavy atom. The number of esters is 4. The van der Waals surface area contributed by atoms with Gasteiger partial charge < -0.3 is 33.8 Å². The van der Waals surface area contributed by atoms with Crippen molar-refractivity contribution in [2.45, 2.75) is 457 Å². The van der Waals surface area contributed by atoms with E-state index in [-0.39, 0.29) is 25.7 Å². The Labute approximate surface area is 613 Å². The maximum Gasteiger partial charge on any atom is 0.472 e. The molecule has 0 heterocycles. The fourth-order valence-electron chi connectivity index (χ4n) is 12.6. The van der Waals surface area contributed by atoms with E-state index in [4.69, 9.17) is 37.0 Å². The summed E-state index contributed by atoms with van der Waals surface area (Å²) in [5, 5.41) is 10.6. The highest BCUT2D eigenvalue weighted by Gasteiger charge is 2.30. The Kier molecular flexibility index (Phi) is 73.8. The van der Waals surface area contributed by atoms with E-state index in [2.05, 4.69) is 27.7 Å². The average Bonchev–Trinajstić information content (AvgIpc) is 1.01. The van der Waals surface area contributed by atoms with Crippen LogP contribution in [0.1, 0.15) is 439 Å². The van der Waals surface area contributed by atoms with Gasteiger partial charge in [0.1, 0.15) is 19.3 Å². The summed E-state index contributed by atoms with van der Waals surface area (Å²) in [5.41, 5.74) is 0. The summed E-state index contributed by atoms with van der Waals surface area (Å²) in [5.74, 6) is -2.11. The molecule has 0 aliphatic rings. The first-order chi connectivity index (χ1) is 48.7. The number of unbranched alkanes of at least 4 members (excludes halogenated alkanes) is 56. The van der Waals surface area contributed by atoms with Gasteiger partial charge in [-0.2, -0.15) is 0 Å². The van der Waals surface area contributed by atoms with Crippen LogP contribution < -0.4 is 0 Å². The van der Waals surface area contributed by atoms with Gasteiger partial charge in [-0.1, -0.05) is 387 Å². The lowest BCUT2D eigenvalue weighted by Crippen LogP contribution is -2.30. The molecule has 0 spiro atoms. The fourth-order valence-corrected chi connectivity index (χ4v) is 14.2. The molecule has 0 radical (unpaired) electrons. The molecule has 5 atom stereocenters. The summed E-state index contributed by atoms with van der Waals surface area (Å²) >= 11 is 0. The Morgan fingerprint density at radius 3 is 0.590 bits per heavy atom. The van der Waals surface area contributed by atoms with E-state index in [9.17, 15) is 43.2 Å². The van der Waals surface area contributed by atoms with Gasteiger partial charge >= 0.3 is 39.5 Å². The molecule has 0 saturated carbocycles. The minimum Gasteiger partial charge on any atom is -0.462 e. The third-order valence-electron chi connectivity index (χ3n) is 19.1. The molecule has 17 nitrogen and oxygen atoms in total. The van der Waals surface area contributed by atoms with Gasteiger partial charge in [0.2, 0.25) is 0 Å². The van der Waals surface area contributed by atoms with Crippen LogP contribution in [0.4, 0.5) is 0 Å². The predicted octanol–water partition coefficient (Wildman–Crippen LogP) is 24.6. The molecular weight excluding hydrogens is 1310 g/mol. The zero-order chi connectivity index (χ0) is 73.2. The standard InChI is InChI=1S/C81H158O17P2/c1-5-9-13-17-21-24-27-30-33-35-37-38-39-41-43-46-49-52-56-60-64-68-81(86)98-77(72-92-79(84)66-62-58-54-50-47-45-42-40-36-34-31-28-25-22-18-14-10-6-2)74-96-100(89,90)94-70-75(82)69-93-99(87,88)95-73-76(71-91-78(83)65-61-57-53-20-16-12-8-4)97-80(85)67-63-59-55-51-48-44-32-29-26-23-19-15-11-7-3/h75-77,82H,5-74H2,1-4H3,(H,87,88)(H,89,90)/t75-,76+,77+/m0/s1. The highest BCUT2D eigenvalue weighted by molar-refractivity contribution is 7.47. The van der Waals surface area contributed by atoms with Crippen molar-refractivity contribution >= 4 is 39.5 Å². The van der Waals surface area contributed by atoms with Gasteiger partial charge in [0.15, 0.2) is 12.2 Å². The highest BCUT2D eigenvalue weighted by Crippen LogP contribution is 2.45. The number of carbonyl (C=O) groups is 4. The van der Waals surface area contributed by atoms with Crippen LogP contribution in [0.25, 0.3) is 0 Å². The van der Waals surface area contributed by atoms with E-state index in [1.54, 1.807) is 0 Å². The zero-order valence-corrected chi connectivity index (χ0v) is 67.0. The van der Waals surface area contributed by atoms with Gasteiger partial charge in [-0.05, 0) is 25.7 Å². The normalized spacial score (nSPS) is 13.8. The van der Waals surface area contributed by atoms with Crippen LogP contribution in [-0.4, -0.2) is 96.7 Å². The van der Waals surface area contributed by atoms with Crippen molar-refractivity contribution in [1.82, 2.24) is 0 Å². The van der Waals surface area contributed by atoms with Crippen LogP contribution in [0.15, 0.2) is 0 Å². The lowest BCUT2D eigenvalue weighted by molar-refractivity contribution is -0.161. The predicted molar refractivity (Wildman–Crippen MR) is 409 cm³/mol. The largest absolute Gasteiger partial charge is 0.472 e. The maximum atomic E-state index is 13.1. The summed E-state index contributed by atoms with van der Waals surface area (Å²) < 4.78 is 68.6. The summed E-state index contributed by atoms with van der Waals surface area (Å²) in [6, 6.07) is 0. The molecule has 0 saturated heterocycles. The van der Waals surface area contributed by atoms with Crippen molar-refractivity contribution in [2.75, 3.05) is 39.6 Å². The summed E-state index contributed by atoms with van der Waals surface area (Å²) in [7, 11) is -9.91. The number of hydrogen-bond acceptors (Lipinski definition) is 15. The fraction of sp³-hybridized carbons (Fsp3) is 0.951. The number of phosphoric ester groups is 2. The minimum absolute atomic E-state index is 0.108. The quantitative estimate of drug-likeness (QED) is 0.0222. The van der Waals surface area contributed by atoms with Crippen molar-refractivity contribution in [2.24, 2.45) is 0 Å². The number of aliphatic hydroxyl groups excluding tert-OH is 1. The third-order valence-corrected chi connectivity index (χ3v) is 21.0. The molecule has 19 heteroatoms. The maximum absolute atomic E-state index is 13.1. The van der Waals surface area contributed by atoms with E-state index in [0.29, 0.717) is 25.7 Å². The second-order valence-electron chi connectivity index (χ2n) is 29.2. The Morgan fingerprint density at radius 2 is 0.400 bits per heavy atom. The van der Waals surface area contributed by atoms with Crippen LogP contribution in [0.3, 0.4) is 0 Å². The molecule has 0 amide bonds. The molecule has 0 aromatic carbocycles. The van der Waals surface area contributed by atoms with Crippen LogP contribution in [0, 0.1) is 0 Å². The SMILES string of the molecule is CCCCCCCCCCCCCCCCCCCCCCCC(=O)O[C@H](COC(=O)CCCCCCCCCCCCCCCCCCCC)COP(=O)(O)OC[C@@H](O)COP(=O)(O)OC[C@@H](COC(=O)CCCCCCCCC)OC(=O)CCCCCCCCCCCCCCCC. The highest BCUT2D eigenvalue weighted by atomic mass is 31.2. The summed E-state index contributed by atoms with van der Waals surface area (Å²) in [6.45, 7) is 4.98. The van der Waals surface area contributed by atoms with Gasteiger partial charge in [-0.3, -0.25) is 37.3 Å². The number of rotatable bonds is 82. The van der Waals surface area contributed by atoms with E-state index in [1.807, 2.05) is 0 Å². The van der Waals surface area contributed by atoms with Gasteiger partial charge in [0.25, 0.3) is 0 Å². The second-order valence-corrected chi connectivity index (χ2v) is 32.1. The minimum atomic E-state index is -4.96. The third kappa shape index (κ3) is 74.3. The zero-order valence-electron chi connectivity index (χ0n) is 65.2. The monoisotopic (exact) mass is 1470 g/mol. The van der Waals surface area contributed by atoms with Crippen LogP contribution in [-0.2, 0) is 65.4 Å². The Bertz CT molecular complexity index is 1890. The topological polar surface area (TPSA) is 237 Å². The van der Waals surface area contributed by atoms with Gasteiger partial charge in [0, 0.05) is 25.7 Å². The molecule has 2 unspecified atom stereocenters. The van der Waals surface area contributed by atoms with Gasteiger partial charge in [-0.25, -0.2) is 9.13 Å². The molecule has 0 fully saturated rings. The van der Waals surface area contributed by atoms with Gasteiger partial charge in [-0.15, -0.1) is 0 Å². The Hall–Kier alpha value is -1.94. The molecule has 0 bridgehead atoms. The van der Waals surface area contributed by atoms with E-state index in [0.717, 1.165) is 103 Å². The number of aliphatic hydroxyl groups is 1. The van der Waals surface area contributed by atoms with Crippen molar-refractivity contribution in [1.29, 1.82) is 0 Å². The average molecular weight is 1470 g/mol. The molecule has 594 valence electrons. The molecule has 3 N–H and O–H groups in total. The smallest absolute Gasteiger partial charge is 0.462 e. The van der Waals surface area contributed by atoms with Crippen molar-refractivity contribution in [3.05, 3.63) is 0 Å². The van der Waals surface area contributed by atoms with E-state index >= 15 is 0 Å². The van der Waals surface area contributed by atoms with E-state index < -0.39 is 97.5 Å². The summed E-state index contributed by atoms with van der Waals surface area (Å²) in [6.07, 6.45) is 68.2. The van der Waals surface area contributed by atoms with E-state index in [1.165, 1.54) is 257 Å². The first-order valence-corrected chi connectivity index (χ1v) is 45.3. The first-order valence-electron chi connectivity index (χ1n) is 42.3. The Balaban J connectivity index is 5.16. The second kappa shape index (κ2) is 75.3. The first kappa shape index (κ1) is 98.1. The van der Waals surface area contributed by atoms with Crippen molar-refractivity contribution in [3.63, 3.8) is 0 Å². The molecule has 0 aliphatic carbocycles. The molecule has 0 aromatic heterocycles. The number of carbonyl (C=O) groups excluding carboxylic acids is 4. The molecule has 0 rings (SSSR count). The molecular formula is C81H158O17P2.